The Bertz CT molecular complexity index is 667. The number of nitrogens with zero attached hydrogens (tertiary/aromatic N) is 2. The number of carbonyl (C=O) groups is 1. The van der Waals surface area contributed by atoms with E-state index in [1.807, 2.05) is 35.2 Å². The molecule has 0 spiro atoms. The lowest BCUT2D eigenvalue weighted by Crippen LogP contribution is -2.51. The topological polar surface area (TPSA) is 35.6 Å². The molecule has 1 saturated heterocycles. The normalized spacial score (nSPS) is 14.6. The maximum Gasteiger partial charge on any atom is 0.236 e. The van der Waals surface area contributed by atoms with Crippen molar-refractivity contribution in [1.29, 1.82) is 0 Å². The Morgan fingerprint density at radius 2 is 1.64 bits per heavy atom. The Hall–Kier alpha value is -2.04. The molecule has 3 rings (SSSR count). The summed E-state index contributed by atoms with van der Waals surface area (Å²) in [5.74, 6) is 0.184. The van der Waals surface area contributed by atoms with Crippen LogP contribution in [0.15, 0.2) is 54.6 Å². The van der Waals surface area contributed by atoms with Crippen molar-refractivity contribution in [2.24, 2.45) is 0 Å². The summed E-state index contributed by atoms with van der Waals surface area (Å²) in [4.78, 5) is 16.6. The molecule has 1 N–H and O–H groups in total. The van der Waals surface area contributed by atoms with E-state index in [-0.39, 0.29) is 5.91 Å². The van der Waals surface area contributed by atoms with Crippen molar-refractivity contribution in [3.8, 4) is 0 Å². The first-order valence-electron chi connectivity index (χ1n) is 8.75. The first kappa shape index (κ1) is 17.8. The van der Waals surface area contributed by atoms with Crippen LogP contribution >= 0.6 is 11.6 Å². The van der Waals surface area contributed by atoms with Gasteiger partial charge in [0.15, 0.2) is 0 Å². The zero-order valence-electron chi connectivity index (χ0n) is 14.3. The van der Waals surface area contributed by atoms with Crippen LogP contribution in [0.5, 0.6) is 0 Å². The summed E-state index contributed by atoms with van der Waals surface area (Å²) in [7, 11) is 0. The lowest BCUT2D eigenvalue weighted by atomic mass is 10.1. The summed E-state index contributed by atoms with van der Waals surface area (Å²) < 4.78 is 0. The average molecular weight is 358 g/mol. The van der Waals surface area contributed by atoms with Crippen molar-refractivity contribution in [1.82, 2.24) is 10.2 Å². The maximum atomic E-state index is 12.3. The number of nitrogens with one attached hydrogen (secondary N) is 1. The van der Waals surface area contributed by atoms with Crippen LogP contribution in [-0.2, 0) is 11.2 Å². The average Bonchev–Trinajstić information content (AvgIpc) is 2.67. The zero-order chi connectivity index (χ0) is 17.5. The van der Waals surface area contributed by atoms with Crippen molar-refractivity contribution in [3.63, 3.8) is 0 Å². The van der Waals surface area contributed by atoms with Gasteiger partial charge in [-0.25, -0.2) is 0 Å². The van der Waals surface area contributed by atoms with Crippen molar-refractivity contribution in [3.05, 3.63) is 65.2 Å². The fourth-order valence-electron chi connectivity index (χ4n) is 3.04. The molecule has 1 aliphatic rings. The van der Waals surface area contributed by atoms with E-state index in [4.69, 9.17) is 11.6 Å². The summed E-state index contributed by atoms with van der Waals surface area (Å²) in [6, 6.07) is 18.2. The molecule has 1 heterocycles. The number of rotatable bonds is 6. The summed E-state index contributed by atoms with van der Waals surface area (Å²) in [6.07, 6.45) is 0.895. The third-order valence-corrected chi connectivity index (χ3v) is 4.79. The molecular formula is C20H24ClN3O. The van der Waals surface area contributed by atoms with E-state index in [1.54, 1.807) is 0 Å². The van der Waals surface area contributed by atoms with E-state index in [0.717, 1.165) is 44.2 Å². The van der Waals surface area contributed by atoms with Crippen LogP contribution in [0, 0.1) is 0 Å². The molecule has 1 fully saturated rings. The van der Waals surface area contributed by atoms with E-state index in [1.165, 1.54) is 11.3 Å². The van der Waals surface area contributed by atoms with E-state index in [9.17, 15) is 4.79 Å². The molecule has 132 valence electrons. The van der Waals surface area contributed by atoms with Gasteiger partial charge in [-0.2, -0.15) is 0 Å². The molecule has 25 heavy (non-hydrogen) atoms. The highest BCUT2D eigenvalue weighted by Gasteiger charge is 2.20. The highest BCUT2D eigenvalue weighted by Crippen LogP contribution is 2.15. The molecule has 4 nitrogen and oxygen atoms in total. The lowest BCUT2D eigenvalue weighted by molar-refractivity contribution is -0.130. The number of piperazine rings is 1. The molecular weight excluding hydrogens is 334 g/mol. The van der Waals surface area contributed by atoms with Crippen LogP contribution in [0.3, 0.4) is 0 Å². The second-order valence-corrected chi connectivity index (χ2v) is 6.69. The number of carbonyl (C=O) groups excluding carboxylic acids is 1. The van der Waals surface area contributed by atoms with Gasteiger partial charge in [0.05, 0.1) is 6.54 Å². The molecule has 0 aliphatic carbocycles. The maximum absolute atomic E-state index is 12.3. The fourth-order valence-corrected chi connectivity index (χ4v) is 3.17. The van der Waals surface area contributed by atoms with Gasteiger partial charge in [0, 0.05) is 36.9 Å². The Labute approximate surface area is 154 Å². The Kier molecular flexibility index (Phi) is 6.31. The molecule has 5 heteroatoms. The van der Waals surface area contributed by atoms with Crippen LogP contribution in [0.1, 0.15) is 5.56 Å². The summed E-state index contributed by atoms with van der Waals surface area (Å²) in [6.45, 7) is 4.54. The van der Waals surface area contributed by atoms with Crippen LogP contribution in [0.4, 0.5) is 5.69 Å². The molecule has 2 aromatic carbocycles. The molecule has 0 saturated carbocycles. The summed E-state index contributed by atoms with van der Waals surface area (Å²) in [5, 5.41) is 4.00. The van der Waals surface area contributed by atoms with Crippen molar-refractivity contribution < 1.29 is 4.79 Å². The van der Waals surface area contributed by atoms with Crippen molar-refractivity contribution in [2.45, 2.75) is 6.42 Å². The first-order valence-corrected chi connectivity index (χ1v) is 9.13. The standard InChI is InChI=1S/C20H24ClN3O/c21-18-8-6-17(7-9-18)10-11-22-16-20(25)24-14-12-23(13-15-24)19-4-2-1-3-5-19/h1-9,22H,10-16H2. The second-order valence-electron chi connectivity index (χ2n) is 6.26. The molecule has 1 amide bonds. The third-order valence-electron chi connectivity index (χ3n) is 4.53. The molecule has 2 aromatic rings. The van der Waals surface area contributed by atoms with E-state index in [2.05, 4.69) is 34.5 Å². The molecule has 0 atom stereocenters. The van der Waals surface area contributed by atoms with Crippen LogP contribution in [0.25, 0.3) is 0 Å². The first-order chi connectivity index (χ1) is 12.2. The monoisotopic (exact) mass is 357 g/mol. The van der Waals surface area contributed by atoms with Gasteiger partial charge in [0.25, 0.3) is 0 Å². The van der Waals surface area contributed by atoms with Gasteiger partial charge in [-0.1, -0.05) is 41.9 Å². The van der Waals surface area contributed by atoms with Crippen molar-refractivity contribution >= 4 is 23.2 Å². The number of hydrogen-bond donors (Lipinski definition) is 1. The SMILES string of the molecule is O=C(CNCCc1ccc(Cl)cc1)N1CCN(c2ccccc2)CC1. The van der Waals surface area contributed by atoms with E-state index < -0.39 is 0 Å². The number of hydrogen-bond acceptors (Lipinski definition) is 3. The van der Waals surface area contributed by atoms with Crippen LogP contribution in [0.2, 0.25) is 5.02 Å². The van der Waals surface area contributed by atoms with Gasteiger partial charge >= 0.3 is 0 Å². The number of amides is 1. The van der Waals surface area contributed by atoms with Gasteiger partial charge < -0.3 is 15.1 Å². The summed E-state index contributed by atoms with van der Waals surface area (Å²) >= 11 is 5.88. The van der Waals surface area contributed by atoms with Gasteiger partial charge in [-0.3, -0.25) is 4.79 Å². The summed E-state index contributed by atoms with van der Waals surface area (Å²) in [5.41, 5.74) is 2.46. The smallest absolute Gasteiger partial charge is 0.236 e. The number of para-hydroxylation sites is 1. The second kappa shape index (κ2) is 8.88. The highest BCUT2D eigenvalue weighted by atomic mass is 35.5. The Morgan fingerprint density at radius 1 is 0.960 bits per heavy atom. The number of anilines is 1. The fraction of sp³-hybridized carbons (Fsp3) is 0.350. The highest BCUT2D eigenvalue weighted by molar-refractivity contribution is 6.30. The zero-order valence-corrected chi connectivity index (χ0v) is 15.1. The third kappa shape index (κ3) is 5.21. The minimum absolute atomic E-state index is 0.184. The molecule has 0 aromatic heterocycles. The number of benzene rings is 2. The number of halogens is 1. The minimum atomic E-state index is 0.184. The minimum Gasteiger partial charge on any atom is -0.368 e. The van der Waals surface area contributed by atoms with Crippen LogP contribution in [-0.4, -0.2) is 50.1 Å². The van der Waals surface area contributed by atoms with Gasteiger partial charge in [0.1, 0.15) is 0 Å². The van der Waals surface area contributed by atoms with E-state index in [0.29, 0.717) is 6.54 Å². The molecule has 0 unspecified atom stereocenters. The van der Waals surface area contributed by atoms with E-state index >= 15 is 0 Å². The Morgan fingerprint density at radius 3 is 2.32 bits per heavy atom. The predicted molar refractivity (Wildman–Crippen MR) is 103 cm³/mol. The molecule has 0 radical (unpaired) electrons. The Balaban J connectivity index is 1.36. The van der Waals surface area contributed by atoms with Gasteiger partial charge in [0.2, 0.25) is 5.91 Å². The van der Waals surface area contributed by atoms with Crippen molar-refractivity contribution in [2.75, 3.05) is 44.2 Å². The quantitative estimate of drug-likeness (QED) is 0.807. The molecule has 0 bridgehead atoms. The predicted octanol–water partition coefficient (Wildman–Crippen LogP) is 2.82. The molecule has 1 aliphatic heterocycles. The lowest BCUT2D eigenvalue weighted by Gasteiger charge is -2.36. The van der Waals surface area contributed by atoms with Crippen LogP contribution < -0.4 is 10.2 Å². The largest absolute Gasteiger partial charge is 0.368 e. The van der Waals surface area contributed by atoms with Gasteiger partial charge in [-0.05, 0) is 42.8 Å². The van der Waals surface area contributed by atoms with Gasteiger partial charge in [-0.15, -0.1) is 0 Å².